The Morgan fingerprint density at radius 2 is 1.62 bits per heavy atom. The van der Waals surface area contributed by atoms with Crippen LogP contribution in [-0.4, -0.2) is 21.8 Å². The molecule has 0 bridgehead atoms. The van der Waals surface area contributed by atoms with E-state index in [2.05, 4.69) is 20.6 Å². The summed E-state index contributed by atoms with van der Waals surface area (Å²) >= 11 is 5.90. The first-order valence-electron chi connectivity index (χ1n) is 7.83. The van der Waals surface area contributed by atoms with Gasteiger partial charge in [-0.3, -0.25) is 14.6 Å². The zero-order valence-electron chi connectivity index (χ0n) is 13.6. The summed E-state index contributed by atoms with van der Waals surface area (Å²) in [5, 5.41) is 5.97. The molecule has 7 heteroatoms. The number of carbonyl (C=O) groups excluding carboxylic acids is 2. The molecular formula is C19H15ClN4O2. The number of halogens is 1. The maximum Gasteiger partial charge on any atom is 0.274 e. The Kier molecular flexibility index (Phi) is 5.56. The Bertz CT molecular complexity index is 932. The van der Waals surface area contributed by atoms with Gasteiger partial charge in [-0.1, -0.05) is 23.7 Å². The molecule has 0 unspecified atom stereocenters. The van der Waals surface area contributed by atoms with Crippen LogP contribution in [0, 0.1) is 0 Å². The molecule has 3 aromatic rings. The van der Waals surface area contributed by atoms with Gasteiger partial charge in [0, 0.05) is 29.6 Å². The fraction of sp³-hybridized carbons (Fsp3) is 0.0526. The molecule has 2 heterocycles. The number of anilines is 1. The van der Waals surface area contributed by atoms with E-state index in [1.165, 1.54) is 0 Å². The molecule has 0 saturated carbocycles. The van der Waals surface area contributed by atoms with Crippen LogP contribution in [0.2, 0.25) is 5.02 Å². The molecule has 130 valence electrons. The molecule has 2 N–H and O–H groups in total. The van der Waals surface area contributed by atoms with Gasteiger partial charge in [-0.2, -0.15) is 0 Å². The van der Waals surface area contributed by atoms with Crippen molar-refractivity contribution in [2.45, 2.75) is 6.54 Å². The van der Waals surface area contributed by atoms with E-state index in [1.54, 1.807) is 54.9 Å². The summed E-state index contributed by atoms with van der Waals surface area (Å²) in [6.45, 7) is 0.349. The summed E-state index contributed by atoms with van der Waals surface area (Å²) in [5.74, 6) is -0.782. The third kappa shape index (κ3) is 4.64. The van der Waals surface area contributed by atoms with Crippen molar-refractivity contribution in [2.75, 3.05) is 5.32 Å². The normalized spacial score (nSPS) is 10.2. The van der Waals surface area contributed by atoms with E-state index in [1.807, 2.05) is 12.1 Å². The first-order chi connectivity index (χ1) is 12.6. The quantitative estimate of drug-likeness (QED) is 0.725. The van der Waals surface area contributed by atoms with E-state index >= 15 is 0 Å². The third-order valence-corrected chi connectivity index (χ3v) is 3.73. The number of hydrogen-bond acceptors (Lipinski definition) is 4. The van der Waals surface area contributed by atoms with Crippen LogP contribution in [0.4, 0.5) is 5.69 Å². The lowest BCUT2D eigenvalue weighted by atomic mass is 10.2. The lowest BCUT2D eigenvalue weighted by Crippen LogP contribution is -2.25. The molecule has 0 fully saturated rings. The smallest absolute Gasteiger partial charge is 0.274 e. The highest BCUT2D eigenvalue weighted by atomic mass is 35.5. The van der Waals surface area contributed by atoms with Crippen molar-refractivity contribution >= 4 is 29.1 Å². The van der Waals surface area contributed by atoms with Gasteiger partial charge < -0.3 is 10.6 Å². The Labute approximate surface area is 155 Å². The Morgan fingerprint density at radius 3 is 2.35 bits per heavy atom. The van der Waals surface area contributed by atoms with Crippen molar-refractivity contribution in [1.82, 2.24) is 15.3 Å². The minimum absolute atomic E-state index is 0.140. The van der Waals surface area contributed by atoms with Crippen LogP contribution in [0.3, 0.4) is 0 Å². The van der Waals surface area contributed by atoms with Crippen LogP contribution in [-0.2, 0) is 6.54 Å². The molecule has 0 aliphatic heterocycles. The summed E-state index contributed by atoms with van der Waals surface area (Å²) in [5.41, 5.74) is 1.78. The molecule has 0 aliphatic carbocycles. The molecule has 0 spiro atoms. The number of benzene rings is 1. The summed E-state index contributed by atoms with van der Waals surface area (Å²) < 4.78 is 0. The summed E-state index contributed by atoms with van der Waals surface area (Å²) in [6, 6.07) is 15.1. The first kappa shape index (κ1) is 17.6. The van der Waals surface area contributed by atoms with E-state index < -0.39 is 5.91 Å². The van der Waals surface area contributed by atoms with Crippen LogP contribution < -0.4 is 10.6 Å². The molecular weight excluding hydrogens is 352 g/mol. The van der Waals surface area contributed by atoms with E-state index in [4.69, 9.17) is 11.6 Å². The van der Waals surface area contributed by atoms with Gasteiger partial charge in [0.05, 0.1) is 0 Å². The minimum Gasteiger partial charge on any atom is -0.347 e. The largest absolute Gasteiger partial charge is 0.347 e. The number of hydrogen-bond donors (Lipinski definition) is 2. The van der Waals surface area contributed by atoms with Gasteiger partial charge in [0.1, 0.15) is 11.4 Å². The van der Waals surface area contributed by atoms with E-state index in [-0.39, 0.29) is 17.3 Å². The monoisotopic (exact) mass is 366 g/mol. The highest BCUT2D eigenvalue weighted by molar-refractivity contribution is 6.30. The van der Waals surface area contributed by atoms with Crippen molar-refractivity contribution in [3.05, 3.63) is 89.0 Å². The predicted octanol–water partition coefficient (Wildman–Crippen LogP) is 3.31. The van der Waals surface area contributed by atoms with Gasteiger partial charge in [-0.05, 0) is 48.0 Å². The molecule has 0 atom stereocenters. The summed E-state index contributed by atoms with van der Waals surface area (Å²) in [6.07, 6.45) is 3.31. The molecule has 26 heavy (non-hydrogen) atoms. The average molecular weight is 367 g/mol. The molecule has 0 radical (unpaired) electrons. The SMILES string of the molecule is O=C(NCc1ccncc1)c1cccc(C(=O)Nc2cccc(Cl)c2)n1. The van der Waals surface area contributed by atoms with Crippen LogP contribution in [0.1, 0.15) is 26.5 Å². The van der Waals surface area contributed by atoms with Crippen molar-refractivity contribution < 1.29 is 9.59 Å². The molecule has 0 aliphatic rings. The standard InChI is InChI=1S/C19H15ClN4O2/c20-14-3-1-4-15(11-14)23-19(26)17-6-2-5-16(24-17)18(25)22-12-13-7-9-21-10-8-13/h1-11H,12H2,(H,22,25)(H,23,26). The molecule has 2 aromatic heterocycles. The second-order valence-electron chi connectivity index (χ2n) is 5.41. The number of nitrogens with zero attached hydrogens (tertiary/aromatic N) is 2. The van der Waals surface area contributed by atoms with Crippen molar-refractivity contribution in [3.8, 4) is 0 Å². The zero-order chi connectivity index (χ0) is 18.4. The lowest BCUT2D eigenvalue weighted by molar-refractivity contribution is 0.0945. The van der Waals surface area contributed by atoms with Crippen LogP contribution in [0.15, 0.2) is 67.0 Å². The number of nitrogens with one attached hydrogen (secondary N) is 2. The second kappa shape index (κ2) is 8.22. The number of aromatic nitrogens is 2. The van der Waals surface area contributed by atoms with E-state index in [0.29, 0.717) is 17.3 Å². The molecule has 3 rings (SSSR count). The van der Waals surface area contributed by atoms with Crippen LogP contribution in [0.5, 0.6) is 0 Å². The zero-order valence-corrected chi connectivity index (χ0v) is 14.4. The number of pyridine rings is 2. The van der Waals surface area contributed by atoms with Crippen molar-refractivity contribution in [2.24, 2.45) is 0 Å². The molecule has 6 nitrogen and oxygen atoms in total. The molecule has 2 amide bonds. The summed E-state index contributed by atoms with van der Waals surface area (Å²) in [4.78, 5) is 32.6. The third-order valence-electron chi connectivity index (χ3n) is 3.50. The van der Waals surface area contributed by atoms with Gasteiger partial charge in [-0.25, -0.2) is 4.98 Å². The fourth-order valence-corrected chi connectivity index (χ4v) is 2.41. The van der Waals surface area contributed by atoms with E-state index in [9.17, 15) is 9.59 Å². The molecule has 1 aromatic carbocycles. The number of amides is 2. The van der Waals surface area contributed by atoms with Crippen LogP contribution in [0.25, 0.3) is 0 Å². The lowest BCUT2D eigenvalue weighted by Gasteiger charge is -2.07. The number of carbonyl (C=O) groups is 2. The first-order valence-corrected chi connectivity index (χ1v) is 8.21. The predicted molar refractivity (Wildman–Crippen MR) is 99.0 cm³/mol. The van der Waals surface area contributed by atoms with Gasteiger partial charge >= 0.3 is 0 Å². The van der Waals surface area contributed by atoms with Gasteiger partial charge in [0.2, 0.25) is 0 Å². The highest BCUT2D eigenvalue weighted by Gasteiger charge is 2.12. The summed E-state index contributed by atoms with van der Waals surface area (Å²) in [7, 11) is 0. The van der Waals surface area contributed by atoms with Crippen molar-refractivity contribution in [1.29, 1.82) is 0 Å². The Balaban J connectivity index is 1.67. The van der Waals surface area contributed by atoms with Crippen molar-refractivity contribution in [3.63, 3.8) is 0 Å². The highest BCUT2D eigenvalue weighted by Crippen LogP contribution is 2.15. The average Bonchev–Trinajstić information content (AvgIpc) is 2.67. The maximum absolute atomic E-state index is 12.3. The topological polar surface area (TPSA) is 84.0 Å². The molecule has 0 saturated heterocycles. The number of rotatable bonds is 5. The van der Waals surface area contributed by atoms with Gasteiger partial charge in [-0.15, -0.1) is 0 Å². The fourth-order valence-electron chi connectivity index (χ4n) is 2.22. The maximum atomic E-state index is 12.3. The van der Waals surface area contributed by atoms with E-state index in [0.717, 1.165) is 5.56 Å². The Morgan fingerprint density at radius 1 is 0.923 bits per heavy atom. The van der Waals surface area contributed by atoms with Gasteiger partial charge in [0.25, 0.3) is 11.8 Å². The van der Waals surface area contributed by atoms with Gasteiger partial charge in [0.15, 0.2) is 0 Å². The second-order valence-corrected chi connectivity index (χ2v) is 5.85. The Hall–Kier alpha value is -3.25. The minimum atomic E-state index is -0.420. The van der Waals surface area contributed by atoms with Crippen LogP contribution >= 0.6 is 11.6 Å².